The van der Waals surface area contributed by atoms with E-state index in [9.17, 15) is 14.3 Å². The van der Waals surface area contributed by atoms with Crippen LogP contribution in [0, 0.1) is 5.82 Å². The molecule has 7 heteroatoms. The van der Waals surface area contributed by atoms with Crippen molar-refractivity contribution in [2.45, 2.75) is 6.92 Å². The molecule has 0 radical (unpaired) electrons. The number of para-hydroxylation sites is 1. The zero-order valence-electron chi connectivity index (χ0n) is 14.4. The summed E-state index contributed by atoms with van der Waals surface area (Å²) >= 11 is 0. The molecule has 0 atom stereocenters. The van der Waals surface area contributed by atoms with Gasteiger partial charge in [0.05, 0.1) is 30.2 Å². The Kier molecular flexibility index (Phi) is 5.48. The van der Waals surface area contributed by atoms with Gasteiger partial charge in [0.2, 0.25) is 0 Å². The highest BCUT2D eigenvalue weighted by Crippen LogP contribution is 2.22. The van der Waals surface area contributed by atoms with Crippen molar-refractivity contribution >= 4 is 17.3 Å². The molecule has 1 amide bonds. The van der Waals surface area contributed by atoms with Crippen molar-refractivity contribution in [2.24, 2.45) is 5.10 Å². The first kappa shape index (κ1) is 17.9. The normalized spacial score (nSPS) is 15.0. The third kappa shape index (κ3) is 4.00. The van der Waals surface area contributed by atoms with E-state index in [-0.39, 0.29) is 17.1 Å². The summed E-state index contributed by atoms with van der Waals surface area (Å²) in [5.74, 6) is -1.00. The van der Waals surface area contributed by atoms with Crippen LogP contribution in [0.2, 0.25) is 0 Å². The van der Waals surface area contributed by atoms with E-state index >= 15 is 0 Å². The summed E-state index contributed by atoms with van der Waals surface area (Å²) in [4.78, 5) is 14.0. The summed E-state index contributed by atoms with van der Waals surface area (Å²) in [5, 5.41) is 13.7. The lowest BCUT2D eigenvalue weighted by atomic mass is 10.1. The molecule has 0 bridgehead atoms. The molecule has 6 nitrogen and oxygen atoms in total. The van der Waals surface area contributed by atoms with Gasteiger partial charge in [-0.2, -0.15) is 5.10 Å². The van der Waals surface area contributed by atoms with Crippen molar-refractivity contribution in [1.82, 2.24) is 5.43 Å². The molecular weight excluding hydrogens is 337 g/mol. The van der Waals surface area contributed by atoms with Gasteiger partial charge in [0.25, 0.3) is 5.91 Å². The Balaban J connectivity index is 1.72. The number of amides is 1. The summed E-state index contributed by atoms with van der Waals surface area (Å²) in [6.07, 6.45) is 0. The third-order valence-electron chi connectivity index (χ3n) is 4.19. The molecule has 1 fully saturated rings. The Labute approximate surface area is 150 Å². The molecule has 0 spiro atoms. The Bertz CT molecular complexity index is 833. The second-order valence-corrected chi connectivity index (χ2v) is 5.92. The van der Waals surface area contributed by atoms with Gasteiger partial charge in [-0.25, -0.2) is 9.82 Å². The van der Waals surface area contributed by atoms with Gasteiger partial charge in [-0.3, -0.25) is 4.79 Å². The number of carbonyl (C=O) groups is 1. The van der Waals surface area contributed by atoms with Crippen molar-refractivity contribution in [3.8, 4) is 5.75 Å². The van der Waals surface area contributed by atoms with Crippen LogP contribution in [0.3, 0.4) is 0 Å². The van der Waals surface area contributed by atoms with Gasteiger partial charge in [0.1, 0.15) is 11.6 Å². The van der Waals surface area contributed by atoms with E-state index in [4.69, 9.17) is 4.74 Å². The Hall–Kier alpha value is -2.93. The number of hydrogen-bond acceptors (Lipinski definition) is 5. The van der Waals surface area contributed by atoms with Crippen molar-refractivity contribution in [1.29, 1.82) is 0 Å². The minimum absolute atomic E-state index is 0.123. The van der Waals surface area contributed by atoms with Gasteiger partial charge in [0.15, 0.2) is 0 Å². The first-order valence-electron chi connectivity index (χ1n) is 8.31. The molecule has 0 aliphatic carbocycles. The quantitative estimate of drug-likeness (QED) is 0.651. The number of morpholine rings is 1. The second-order valence-electron chi connectivity index (χ2n) is 5.92. The van der Waals surface area contributed by atoms with Crippen LogP contribution >= 0.6 is 0 Å². The van der Waals surface area contributed by atoms with Gasteiger partial charge in [0, 0.05) is 18.7 Å². The van der Waals surface area contributed by atoms with Crippen LogP contribution in [-0.4, -0.2) is 43.0 Å². The number of nitrogens with one attached hydrogen (secondary N) is 1. The number of nitrogens with zero attached hydrogens (tertiary/aromatic N) is 2. The van der Waals surface area contributed by atoms with E-state index in [2.05, 4.69) is 10.5 Å². The smallest absolute Gasteiger partial charge is 0.275 e. The molecule has 1 aliphatic rings. The highest BCUT2D eigenvalue weighted by molar-refractivity contribution is 6.01. The summed E-state index contributed by atoms with van der Waals surface area (Å²) in [5.41, 5.74) is 4.06. The van der Waals surface area contributed by atoms with Crippen LogP contribution in [0.25, 0.3) is 0 Å². The fourth-order valence-corrected chi connectivity index (χ4v) is 2.72. The molecule has 2 N–H and O–H groups in total. The van der Waals surface area contributed by atoms with Crippen LogP contribution in [-0.2, 0) is 4.74 Å². The summed E-state index contributed by atoms with van der Waals surface area (Å²) in [6, 6.07) is 11.1. The standard InChI is InChI=1S/C19H20FN3O3/c1-13(21-22-19(25)15-4-2-3-5-18(15)24)14-6-7-17(16(20)12-14)23-8-10-26-11-9-23/h2-7,12,24H,8-11H2,1H3,(H,22,25)/b21-13-. The van der Waals surface area contributed by atoms with E-state index in [1.807, 2.05) is 4.90 Å². The van der Waals surface area contributed by atoms with E-state index in [0.717, 1.165) is 0 Å². The molecule has 2 aromatic rings. The monoisotopic (exact) mass is 357 g/mol. The molecule has 2 aromatic carbocycles. The lowest BCUT2D eigenvalue weighted by Crippen LogP contribution is -2.36. The number of hydrazone groups is 1. The van der Waals surface area contributed by atoms with Crippen molar-refractivity contribution in [2.75, 3.05) is 31.2 Å². The number of phenolic OH excluding ortho intramolecular Hbond substituents is 1. The maximum Gasteiger partial charge on any atom is 0.275 e. The first-order chi connectivity index (χ1) is 12.6. The topological polar surface area (TPSA) is 74.2 Å². The number of phenols is 1. The number of halogens is 1. The first-order valence-corrected chi connectivity index (χ1v) is 8.31. The highest BCUT2D eigenvalue weighted by Gasteiger charge is 2.16. The van der Waals surface area contributed by atoms with E-state index in [1.165, 1.54) is 18.2 Å². The molecule has 3 rings (SSSR count). The second kappa shape index (κ2) is 7.97. The number of rotatable bonds is 4. The molecule has 26 heavy (non-hydrogen) atoms. The molecule has 0 saturated carbocycles. The molecular formula is C19H20FN3O3. The average molecular weight is 357 g/mol. The fraction of sp³-hybridized carbons (Fsp3) is 0.263. The molecule has 0 aromatic heterocycles. The maximum absolute atomic E-state index is 14.5. The lowest BCUT2D eigenvalue weighted by molar-refractivity contribution is 0.0952. The van der Waals surface area contributed by atoms with Crippen molar-refractivity contribution < 1.29 is 19.0 Å². The highest BCUT2D eigenvalue weighted by atomic mass is 19.1. The van der Waals surface area contributed by atoms with Gasteiger partial charge >= 0.3 is 0 Å². The fourth-order valence-electron chi connectivity index (χ4n) is 2.72. The number of aromatic hydroxyl groups is 1. The van der Waals surface area contributed by atoms with Gasteiger partial charge in [-0.05, 0) is 31.2 Å². The van der Waals surface area contributed by atoms with Crippen LogP contribution in [0.15, 0.2) is 47.6 Å². The SMILES string of the molecule is C/C(=N/NC(=O)c1ccccc1O)c1ccc(N2CCOCC2)c(F)c1. The minimum atomic E-state index is -0.534. The number of carbonyl (C=O) groups excluding carboxylic acids is 1. The summed E-state index contributed by atoms with van der Waals surface area (Å²) in [7, 11) is 0. The van der Waals surface area contributed by atoms with E-state index < -0.39 is 5.91 Å². The van der Waals surface area contributed by atoms with Crippen LogP contribution in [0.5, 0.6) is 5.75 Å². The number of hydrogen-bond donors (Lipinski definition) is 2. The lowest BCUT2D eigenvalue weighted by Gasteiger charge is -2.29. The van der Waals surface area contributed by atoms with Gasteiger partial charge in [-0.1, -0.05) is 18.2 Å². The Morgan fingerprint density at radius 3 is 2.65 bits per heavy atom. The van der Waals surface area contributed by atoms with Gasteiger partial charge < -0.3 is 14.7 Å². The summed E-state index contributed by atoms with van der Waals surface area (Å²) < 4.78 is 19.7. The predicted molar refractivity (Wildman–Crippen MR) is 97.2 cm³/mol. The maximum atomic E-state index is 14.5. The zero-order valence-corrected chi connectivity index (χ0v) is 14.4. The van der Waals surface area contributed by atoms with Gasteiger partial charge in [-0.15, -0.1) is 0 Å². The number of ether oxygens (including phenoxy) is 1. The van der Waals surface area contributed by atoms with E-state index in [0.29, 0.717) is 43.3 Å². The molecule has 1 heterocycles. The third-order valence-corrected chi connectivity index (χ3v) is 4.19. The molecule has 1 aliphatic heterocycles. The predicted octanol–water partition coefficient (Wildman–Crippen LogP) is 2.52. The molecule has 136 valence electrons. The van der Waals surface area contributed by atoms with Crippen LogP contribution < -0.4 is 10.3 Å². The largest absolute Gasteiger partial charge is 0.507 e. The van der Waals surface area contributed by atoms with E-state index in [1.54, 1.807) is 31.2 Å². The van der Waals surface area contributed by atoms with Crippen molar-refractivity contribution in [3.05, 3.63) is 59.4 Å². The number of benzene rings is 2. The Morgan fingerprint density at radius 1 is 1.23 bits per heavy atom. The molecule has 0 unspecified atom stereocenters. The van der Waals surface area contributed by atoms with Crippen LogP contribution in [0.4, 0.5) is 10.1 Å². The minimum Gasteiger partial charge on any atom is -0.507 e. The zero-order chi connectivity index (χ0) is 18.5. The number of anilines is 1. The molecule has 1 saturated heterocycles. The Morgan fingerprint density at radius 2 is 1.96 bits per heavy atom. The van der Waals surface area contributed by atoms with Crippen molar-refractivity contribution in [3.63, 3.8) is 0 Å². The average Bonchev–Trinajstić information content (AvgIpc) is 2.66. The summed E-state index contributed by atoms with van der Waals surface area (Å²) in [6.45, 7) is 4.15. The van der Waals surface area contributed by atoms with Crippen LogP contribution in [0.1, 0.15) is 22.8 Å².